The number of ether oxygens (including phenoxy) is 1. The van der Waals surface area contributed by atoms with E-state index in [1.165, 1.54) is 18.0 Å². The zero-order chi connectivity index (χ0) is 20.5. The third kappa shape index (κ3) is 3.31. The van der Waals surface area contributed by atoms with E-state index in [2.05, 4.69) is 15.4 Å². The largest absolute Gasteiger partial charge is 0.506 e. The van der Waals surface area contributed by atoms with Crippen LogP contribution >= 0.6 is 0 Å². The summed E-state index contributed by atoms with van der Waals surface area (Å²) in [5.41, 5.74) is 1.43. The van der Waals surface area contributed by atoms with Crippen LogP contribution in [0.5, 0.6) is 11.5 Å². The maximum absolute atomic E-state index is 12.6. The van der Waals surface area contributed by atoms with Gasteiger partial charge >= 0.3 is 0 Å². The molecule has 3 N–H and O–H groups in total. The number of benzene rings is 2. The van der Waals surface area contributed by atoms with Crippen molar-refractivity contribution in [3.05, 3.63) is 76.2 Å². The maximum Gasteiger partial charge on any atom is 0.266 e. The first-order valence-electron chi connectivity index (χ1n) is 8.83. The molecule has 2 heterocycles. The minimum atomic E-state index is -0.723. The molecule has 0 saturated heterocycles. The molecular weight excluding hydrogens is 372 g/mol. The molecular formula is C21H18N4O4. The van der Waals surface area contributed by atoms with Crippen LogP contribution in [0.1, 0.15) is 15.9 Å². The molecule has 0 fully saturated rings. The van der Waals surface area contributed by atoms with Gasteiger partial charge < -0.3 is 20.1 Å². The molecule has 4 rings (SSSR count). The van der Waals surface area contributed by atoms with E-state index >= 15 is 0 Å². The van der Waals surface area contributed by atoms with Crippen molar-refractivity contribution in [2.24, 2.45) is 0 Å². The number of hydrogen-bond donors (Lipinski definition) is 3. The van der Waals surface area contributed by atoms with Crippen LogP contribution in [0.15, 0.2) is 59.5 Å². The number of fused-ring (bicyclic) bond motifs is 1. The summed E-state index contributed by atoms with van der Waals surface area (Å²) in [5, 5.41) is 17.7. The lowest BCUT2D eigenvalue weighted by atomic mass is 10.2. The van der Waals surface area contributed by atoms with Crippen molar-refractivity contribution in [3.8, 4) is 17.2 Å². The van der Waals surface area contributed by atoms with Crippen molar-refractivity contribution >= 4 is 22.6 Å². The van der Waals surface area contributed by atoms with Crippen LogP contribution in [0.4, 0.5) is 5.69 Å². The number of aromatic hydroxyl groups is 1. The van der Waals surface area contributed by atoms with Gasteiger partial charge in [0.05, 0.1) is 24.4 Å². The van der Waals surface area contributed by atoms with Crippen LogP contribution in [0.25, 0.3) is 16.7 Å². The van der Waals surface area contributed by atoms with Gasteiger partial charge in [0.25, 0.3) is 11.5 Å². The fourth-order valence-electron chi connectivity index (χ4n) is 3.09. The summed E-state index contributed by atoms with van der Waals surface area (Å²) in [6.45, 7) is 1.94. The maximum atomic E-state index is 12.6. The summed E-state index contributed by atoms with van der Waals surface area (Å²) in [4.78, 5) is 27.9. The predicted molar refractivity (Wildman–Crippen MR) is 109 cm³/mol. The number of aromatic amines is 1. The first-order chi connectivity index (χ1) is 14.0. The van der Waals surface area contributed by atoms with Crippen molar-refractivity contribution < 1.29 is 14.6 Å². The molecule has 146 valence electrons. The number of rotatable bonds is 4. The molecule has 0 radical (unpaired) electrons. The van der Waals surface area contributed by atoms with Gasteiger partial charge in [-0.15, -0.1) is 0 Å². The van der Waals surface area contributed by atoms with Gasteiger partial charge in [0, 0.05) is 5.69 Å². The molecule has 8 nitrogen and oxygen atoms in total. The molecule has 4 aromatic rings. The Hall–Kier alpha value is -4.07. The molecule has 2 aromatic heterocycles. The number of nitrogens with one attached hydrogen (secondary N) is 2. The normalized spacial score (nSPS) is 10.8. The molecule has 0 atom stereocenters. The molecule has 29 heavy (non-hydrogen) atoms. The highest BCUT2D eigenvalue weighted by molar-refractivity contribution is 6.08. The quantitative estimate of drug-likeness (QED) is 0.496. The molecule has 8 heteroatoms. The number of nitrogens with zero attached hydrogens (tertiary/aromatic N) is 2. The van der Waals surface area contributed by atoms with Crippen LogP contribution in [0.3, 0.4) is 0 Å². The van der Waals surface area contributed by atoms with E-state index in [-0.39, 0.29) is 10.9 Å². The predicted octanol–water partition coefficient (Wildman–Crippen LogP) is 2.99. The SMILES string of the molecule is COc1ccc(NC(=O)c2c(O)c3cnn(-c4cccc(C)c4)c3[nH]c2=O)cc1. The van der Waals surface area contributed by atoms with Crippen LogP contribution < -0.4 is 15.6 Å². The summed E-state index contributed by atoms with van der Waals surface area (Å²) in [6.07, 6.45) is 1.41. The Labute approximate surface area is 165 Å². The van der Waals surface area contributed by atoms with Gasteiger partial charge in [-0.2, -0.15) is 5.10 Å². The second kappa shape index (κ2) is 7.16. The smallest absolute Gasteiger partial charge is 0.266 e. The van der Waals surface area contributed by atoms with Gasteiger partial charge in [-0.25, -0.2) is 4.68 Å². The van der Waals surface area contributed by atoms with E-state index in [9.17, 15) is 14.7 Å². The van der Waals surface area contributed by atoms with Gasteiger partial charge in [-0.3, -0.25) is 9.59 Å². The van der Waals surface area contributed by atoms with Crippen molar-refractivity contribution in [1.29, 1.82) is 0 Å². The molecule has 0 aliphatic rings. The molecule has 1 amide bonds. The number of anilines is 1. The number of carbonyl (C=O) groups is 1. The summed E-state index contributed by atoms with van der Waals surface area (Å²) < 4.78 is 6.58. The Bertz CT molecular complexity index is 1270. The zero-order valence-electron chi connectivity index (χ0n) is 15.8. The Kier molecular flexibility index (Phi) is 4.52. The number of aromatic nitrogens is 3. The number of methoxy groups -OCH3 is 1. The number of pyridine rings is 1. The molecule has 2 aromatic carbocycles. The van der Waals surface area contributed by atoms with Crippen LogP contribution in [-0.4, -0.2) is 32.9 Å². The van der Waals surface area contributed by atoms with Crippen molar-refractivity contribution in [2.75, 3.05) is 12.4 Å². The minimum Gasteiger partial charge on any atom is -0.506 e. The minimum absolute atomic E-state index is 0.269. The van der Waals surface area contributed by atoms with Gasteiger partial charge in [-0.1, -0.05) is 12.1 Å². The van der Waals surface area contributed by atoms with E-state index in [0.29, 0.717) is 17.1 Å². The summed E-state index contributed by atoms with van der Waals surface area (Å²) in [5.74, 6) is -0.513. The van der Waals surface area contributed by atoms with Crippen LogP contribution in [-0.2, 0) is 0 Å². The monoisotopic (exact) mass is 390 g/mol. The summed E-state index contributed by atoms with van der Waals surface area (Å²) in [7, 11) is 1.54. The highest BCUT2D eigenvalue weighted by Gasteiger charge is 2.22. The Morgan fingerprint density at radius 1 is 1.21 bits per heavy atom. The van der Waals surface area contributed by atoms with Gasteiger partial charge in [0.1, 0.15) is 22.7 Å². The number of H-pyrrole nitrogens is 1. The second-order valence-corrected chi connectivity index (χ2v) is 6.52. The molecule has 0 bridgehead atoms. The van der Waals surface area contributed by atoms with Crippen molar-refractivity contribution in [3.63, 3.8) is 0 Å². The lowest BCUT2D eigenvalue weighted by Gasteiger charge is -2.09. The van der Waals surface area contributed by atoms with Crippen LogP contribution in [0.2, 0.25) is 0 Å². The molecule has 0 unspecified atom stereocenters. The number of carbonyl (C=O) groups excluding carboxylic acids is 1. The first-order valence-corrected chi connectivity index (χ1v) is 8.83. The average Bonchev–Trinajstić information content (AvgIpc) is 3.12. The standard InChI is InChI=1S/C21H18N4O4/c1-12-4-3-5-14(10-12)25-19-16(11-22-25)18(26)17(21(28)24-19)20(27)23-13-6-8-15(29-2)9-7-13/h3-11H,1-2H3,(H,23,27)(H2,24,26,28). The molecule has 0 spiro atoms. The Morgan fingerprint density at radius 3 is 2.66 bits per heavy atom. The van der Waals surface area contributed by atoms with Crippen LogP contribution in [0, 0.1) is 6.92 Å². The zero-order valence-corrected chi connectivity index (χ0v) is 15.8. The Morgan fingerprint density at radius 2 is 1.97 bits per heavy atom. The lowest BCUT2D eigenvalue weighted by Crippen LogP contribution is -2.23. The fraction of sp³-hybridized carbons (Fsp3) is 0.0952. The highest BCUT2D eigenvalue weighted by Crippen LogP contribution is 2.27. The van der Waals surface area contributed by atoms with E-state index < -0.39 is 17.2 Å². The van der Waals surface area contributed by atoms with E-state index in [1.54, 1.807) is 24.3 Å². The van der Waals surface area contributed by atoms with Gasteiger partial charge in [0.15, 0.2) is 0 Å². The van der Waals surface area contributed by atoms with Crippen molar-refractivity contribution in [2.45, 2.75) is 6.92 Å². The number of amides is 1. The molecule has 0 aliphatic heterocycles. The molecule has 0 aliphatic carbocycles. The summed E-state index contributed by atoms with van der Waals surface area (Å²) >= 11 is 0. The number of hydrogen-bond acceptors (Lipinski definition) is 5. The fourth-order valence-corrected chi connectivity index (χ4v) is 3.09. The average molecular weight is 390 g/mol. The first kappa shape index (κ1) is 18.3. The topological polar surface area (TPSA) is 109 Å². The summed E-state index contributed by atoms with van der Waals surface area (Å²) in [6, 6.07) is 14.2. The van der Waals surface area contributed by atoms with E-state index in [0.717, 1.165) is 11.3 Å². The highest BCUT2D eigenvalue weighted by atomic mass is 16.5. The third-order valence-electron chi connectivity index (χ3n) is 4.54. The third-order valence-corrected chi connectivity index (χ3v) is 4.54. The molecule has 0 saturated carbocycles. The Balaban J connectivity index is 1.74. The second-order valence-electron chi connectivity index (χ2n) is 6.52. The van der Waals surface area contributed by atoms with Gasteiger partial charge in [0.2, 0.25) is 0 Å². The van der Waals surface area contributed by atoms with E-state index in [4.69, 9.17) is 4.74 Å². The number of aryl methyl sites for hydroxylation is 1. The van der Waals surface area contributed by atoms with Gasteiger partial charge in [-0.05, 0) is 48.9 Å². The lowest BCUT2D eigenvalue weighted by molar-refractivity contribution is 0.102. The van der Waals surface area contributed by atoms with Crippen molar-refractivity contribution in [1.82, 2.24) is 14.8 Å². The van der Waals surface area contributed by atoms with E-state index in [1.807, 2.05) is 31.2 Å².